The van der Waals surface area contributed by atoms with Gasteiger partial charge in [-0.05, 0) is 60.0 Å². The number of carbonyl (C=O) groups excluding carboxylic acids is 4. The van der Waals surface area contributed by atoms with Crippen molar-refractivity contribution in [2.75, 3.05) is 14.2 Å². The van der Waals surface area contributed by atoms with Crippen molar-refractivity contribution in [2.45, 2.75) is 150 Å². The molecule has 0 fully saturated rings. The maximum atomic E-state index is 12.3. The van der Waals surface area contributed by atoms with Gasteiger partial charge in [-0.15, -0.1) is 0 Å². The summed E-state index contributed by atoms with van der Waals surface area (Å²) in [6, 6.07) is 17.6. The Labute approximate surface area is 449 Å². The largest absolute Gasteiger partial charge is 0.467 e. The molecule has 0 aliphatic rings. The van der Waals surface area contributed by atoms with Crippen molar-refractivity contribution in [2.24, 2.45) is 14.1 Å². The SMILES string of the molecule is CCC[CH2][Sn]([CH2]CCC)([CH2]CCC)[c]1ccc(C[C@H](NC(=O)OC(C)(C)C)C(=O)OC)cc1.COC(=O)[C@H](Cc1ccc(-c2cc(Cl)cn(C)c2=O)cc1)NC(=O)OC(C)(C)C.Cn1cc(Cl)cc(Br)c1=O. The summed E-state index contributed by atoms with van der Waals surface area (Å²) in [7, 11) is 5.88. The van der Waals surface area contributed by atoms with E-state index in [2.05, 4.69) is 71.6 Å². The first-order valence-electron chi connectivity index (χ1n) is 24.4. The summed E-state index contributed by atoms with van der Waals surface area (Å²) in [6.45, 7) is 17.5. The first-order valence-corrected chi connectivity index (χ1v) is 33.5. The van der Waals surface area contributed by atoms with E-state index in [1.165, 1.54) is 75.2 Å². The molecule has 2 aromatic heterocycles. The quantitative estimate of drug-likeness (QED) is 0.0523. The Morgan fingerprint density at radius 3 is 1.36 bits per heavy atom. The molecule has 0 spiro atoms. The number of carbonyl (C=O) groups is 4. The summed E-state index contributed by atoms with van der Waals surface area (Å²) in [6.07, 6.45) is 10.1. The smallest absolute Gasteiger partial charge is 0.408 e. The minimum absolute atomic E-state index is 0.0793. The van der Waals surface area contributed by atoms with Crippen LogP contribution in [-0.2, 0) is 55.5 Å². The molecule has 14 nitrogen and oxygen atoms in total. The molecule has 0 radical (unpaired) electrons. The molecule has 0 aliphatic carbocycles. The van der Waals surface area contributed by atoms with E-state index in [1.807, 2.05) is 0 Å². The van der Waals surface area contributed by atoms with Crippen LogP contribution in [0, 0.1) is 0 Å². The van der Waals surface area contributed by atoms with E-state index in [0.29, 0.717) is 32.1 Å². The van der Waals surface area contributed by atoms with Gasteiger partial charge in [0.1, 0.15) is 11.6 Å². The molecule has 2 amide bonds. The third-order valence-electron chi connectivity index (χ3n) is 11.3. The number of nitrogens with one attached hydrogen (secondary N) is 2. The fraction of sp³-hybridized carbons (Fsp3) is 0.519. The number of ether oxygens (including phenoxy) is 4. The average Bonchev–Trinajstić information content (AvgIpc) is 3.30. The standard InChI is InChI=1S/C21H25ClN2O5.C15H20NO4.C6H5BrClNO.3C4H9.Sn/c1-21(2,3)29-20(27)23-17(19(26)28-5)10-13-6-8-14(9-7-13)16-11-15(22)12-24(4)18(16)25;1-15(2,3)20-14(18)16-12(13(17)19-4)10-11-8-6-5-7-9-11;1-9-3-4(8)2-5(7)6(9)10;3*1-3-4-2;/h6-9,11-12,17H,10H2,1-5H3,(H,23,27);6-9,12H,10H2,1-4H3,(H,16,18);2-3H,1H3;3*1,3-4H2,2H3;/t17-;12-;;;;;/m00...../s1. The van der Waals surface area contributed by atoms with Gasteiger partial charge in [-0.2, -0.15) is 0 Å². The first-order chi connectivity index (χ1) is 33.7. The van der Waals surface area contributed by atoms with Gasteiger partial charge in [-0.1, -0.05) is 47.5 Å². The Morgan fingerprint density at radius 1 is 0.625 bits per heavy atom. The topological polar surface area (TPSA) is 173 Å². The molecule has 0 aliphatic heterocycles. The second-order valence-corrected chi connectivity index (χ2v) is 34.7. The number of methoxy groups -OCH3 is 2. The zero-order valence-corrected chi connectivity index (χ0v) is 50.4. The molecule has 0 bridgehead atoms. The number of pyridine rings is 2. The molecule has 2 heterocycles. The van der Waals surface area contributed by atoms with Gasteiger partial charge in [0.15, 0.2) is 0 Å². The molecule has 4 aromatic rings. The Kier molecular flexibility index (Phi) is 27.3. The molecule has 4 rings (SSSR count). The minimum atomic E-state index is -2.47. The van der Waals surface area contributed by atoms with Crippen molar-refractivity contribution < 1.29 is 38.1 Å². The summed E-state index contributed by atoms with van der Waals surface area (Å²) in [5, 5.41) is 6.22. The molecule has 72 heavy (non-hydrogen) atoms. The number of rotatable bonds is 19. The van der Waals surface area contributed by atoms with Gasteiger partial charge in [0.2, 0.25) is 0 Å². The van der Waals surface area contributed by atoms with Crippen LogP contribution in [0.4, 0.5) is 9.59 Å². The number of hydrogen-bond donors (Lipinski definition) is 2. The van der Waals surface area contributed by atoms with Crippen LogP contribution in [0.2, 0.25) is 23.4 Å². The van der Waals surface area contributed by atoms with Crippen LogP contribution in [0.25, 0.3) is 11.1 Å². The predicted octanol–water partition coefficient (Wildman–Crippen LogP) is 11.5. The number of aromatic nitrogens is 2. The number of aryl methyl sites for hydroxylation is 2. The normalized spacial score (nSPS) is 12.2. The molecular formula is C54H77BrCl2N4O10Sn. The molecule has 0 saturated heterocycles. The van der Waals surface area contributed by atoms with Crippen molar-refractivity contribution in [3.8, 4) is 11.1 Å². The molecule has 398 valence electrons. The summed E-state index contributed by atoms with van der Waals surface area (Å²) in [5.41, 5.74) is 1.42. The van der Waals surface area contributed by atoms with E-state index in [-0.39, 0.29) is 17.5 Å². The number of alkyl carbamates (subject to hydrolysis) is 2. The maximum Gasteiger partial charge on any atom is 0.408 e. The minimum Gasteiger partial charge on any atom is -0.467 e. The summed E-state index contributed by atoms with van der Waals surface area (Å²) >= 11 is 12.3. The van der Waals surface area contributed by atoms with Crippen LogP contribution < -0.4 is 25.3 Å². The second-order valence-electron chi connectivity index (χ2n) is 19.7. The summed E-state index contributed by atoms with van der Waals surface area (Å²) in [5.74, 6) is -1.05. The van der Waals surface area contributed by atoms with E-state index in [9.17, 15) is 28.8 Å². The van der Waals surface area contributed by atoms with Crippen molar-refractivity contribution in [3.05, 3.63) is 119 Å². The van der Waals surface area contributed by atoms with Crippen LogP contribution >= 0.6 is 39.1 Å². The number of nitrogens with zero attached hydrogens (tertiary/aromatic N) is 2. The van der Waals surface area contributed by atoms with E-state index in [4.69, 9.17) is 42.1 Å². The van der Waals surface area contributed by atoms with Crippen LogP contribution in [0.3, 0.4) is 0 Å². The summed E-state index contributed by atoms with van der Waals surface area (Å²) < 4.78 is 29.5. The van der Waals surface area contributed by atoms with Crippen molar-refractivity contribution >= 4 is 85.2 Å². The van der Waals surface area contributed by atoms with Crippen molar-refractivity contribution in [1.82, 2.24) is 19.8 Å². The molecule has 2 atom stereocenters. The molecule has 18 heteroatoms. The molecule has 2 N–H and O–H groups in total. The number of hydrogen-bond acceptors (Lipinski definition) is 10. The van der Waals surface area contributed by atoms with Gasteiger partial charge < -0.3 is 23.9 Å². The summed E-state index contributed by atoms with van der Waals surface area (Å²) in [4.78, 5) is 72.0. The number of unbranched alkanes of at least 4 members (excludes halogenated alkanes) is 3. The Morgan fingerprint density at radius 2 is 1.00 bits per heavy atom. The predicted molar refractivity (Wildman–Crippen MR) is 295 cm³/mol. The number of amides is 2. The van der Waals surface area contributed by atoms with Crippen molar-refractivity contribution in [1.29, 1.82) is 0 Å². The second kappa shape index (κ2) is 30.8. The zero-order chi connectivity index (χ0) is 54.4. The van der Waals surface area contributed by atoms with Gasteiger partial charge in [0.05, 0.1) is 21.6 Å². The van der Waals surface area contributed by atoms with Gasteiger partial charge in [-0.3, -0.25) is 9.59 Å². The molecule has 0 unspecified atom stereocenters. The average molecular weight is 1210 g/mol. The fourth-order valence-corrected chi connectivity index (χ4v) is 24.8. The van der Waals surface area contributed by atoms with Gasteiger partial charge >= 0.3 is 219 Å². The van der Waals surface area contributed by atoms with Crippen LogP contribution in [0.15, 0.2) is 87.1 Å². The van der Waals surface area contributed by atoms with Gasteiger partial charge in [0, 0.05) is 38.5 Å². The number of esters is 2. The monoisotopic (exact) mass is 1210 g/mol. The van der Waals surface area contributed by atoms with Gasteiger partial charge in [0.25, 0.3) is 11.1 Å². The fourth-order valence-electron chi connectivity index (χ4n) is 7.72. The third kappa shape index (κ3) is 22.4. The third-order valence-corrected chi connectivity index (χ3v) is 28.0. The van der Waals surface area contributed by atoms with Crippen molar-refractivity contribution in [3.63, 3.8) is 0 Å². The van der Waals surface area contributed by atoms with Gasteiger partial charge in [-0.25, -0.2) is 9.59 Å². The zero-order valence-electron chi connectivity index (χ0n) is 44.5. The Bertz CT molecular complexity index is 2440. The van der Waals surface area contributed by atoms with E-state index in [0.717, 1.165) is 11.1 Å². The Hall–Kier alpha value is -4.32. The van der Waals surface area contributed by atoms with Crippen LogP contribution in [0.1, 0.15) is 112 Å². The maximum absolute atomic E-state index is 12.3. The number of halogens is 3. The van der Waals surface area contributed by atoms with Crippen LogP contribution in [-0.4, -0.2) is 89.1 Å². The molecule has 0 saturated carbocycles. The van der Waals surface area contributed by atoms with E-state index in [1.54, 1.807) is 108 Å². The van der Waals surface area contributed by atoms with Crippen LogP contribution in [0.5, 0.6) is 0 Å². The molecular weight excluding hydrogens is 1130 g/mol. The van der Waals surface area contributed by atoms with E-state index < -0.39 is 65.8 Å². The van der Waals surface area contributed by atoms with E-state index >= 15 is 0 Å². The Balaban J connectivity index is 0.000000415. The molecule has 2 aromatic carbocycles. The first kappa shape index (κ1) is 63.8. The number of benzene rings is 2.